The molecule has 3 aromatic rings. The van der Waals surface area contributed by atoms with Gasteiger partial charge in [0, 0.05) is 24.2 Å². The van der Waals surface area contributed by atoms with E-state index in [2.05, 4.69) is 11.4 Å². The number of rotatable bonds is 5. The molecule has 1 aliphatic heterocycles. The Hall–Kier alpha value is -3.40. The first kappa shape index (κ1) is 18.0. The van der Waals surface area contributed by atoms with Gasteiger partial charge in [-0.25, -0.2) is 0 Å². The number of carbonyl (C=O) groups excluding carboxylic acids is 2. The molecule has 0 aromatic heterocycles. The lowest BCUT2D eigenvalue weighted by atomic mass is 10.0. The Morgan fingerprint density at radius 1 is 0.857 bits per heavy atom. The van der Waals surface area contributed by atoms with Crippen LogP contribution in [0.25, 0.3) is 0 Å². The van der Waals surface area contributed by atoms with E-state index in [-0.39, 0.29) is 11.8 Å². The predicted octanol–water partition coefficient (Wildman–Crippen LogP) is 3.62. The molecule has 140 valence electrons. The Balaban J connectivity index is 1.59. The zero-order valence-corrected chi connectivity index (χ0v) is 15.5. The minimum absolute atomic E-state index is 0.0712. The van der Waals surface area contributed by atoms with Gasteiger partial charge in [-0.1, -0.05) is 66.7 Å². The van der Waals surface area contributed by atoms with Crippen molar-refractivity contribution >= 4 is 17.5 Å². The van der Waals surface area contributed by atoms with E-state index in [0.29, 0.717) is 18.5 Å². The number of nitrogens with zero attached hydrogens (tertiary/aromatic N) is 1. The fourth-order valence-electron chi connectivity index (χ4n) is 3.64. The third kappa shape index (κ3) is 3.81. The minimum atomic E-state index is -0.624. The second-order valence-electron chi connectivity index (χ2n) is 6.95. The topological polar surface area (TPSA) is 49.4 Å². The van der Waals surface area contributed by atoms with Crippen molar-refractivity contribution in [1.29, 1.82) is 0 Å². The molecule has 1 N–H and O–H groups in total. The van der Waals surface area contributed by atoms with Crippen LogP contribution in [-0.4, -0.2) is 24.4 Å². The van der Waals surface area contributed by atoms with Gasteiger partial charge < -0.3 is 10.2 Å². The van der Waals surface area contributed by atoms with Gasteiger partial charge in [0.25, 0.3) is 5.91 Å². The number of benzene rings is 3. The van der Waals surface area contributed by atoms with Crippen LogP contribution in [-0.2, 0) is 17.6 Å². The van der Waals surface area contributed by atoms with E-state index in [1.807, 2.05) is 66.7 Å². The van der Waals surface area contributed by atoms with Crippen molar-refractivity contribution in [1.82, 2.24) is 5.32 Å². The van der Waals surface area contributed by atoms with Crippen LogP contribution in [0.3, 0.4) is 0 Å². The third-order valence-corrected chi connectivity index (χ3v) is 5.08. The molecule has 0 saturated heterocycles. The van der Waals surface area contributed by atoms with Crippen LogP contribution >= 0.6 is 0 Å². The average molecular weight is 370 g/mol. The van der Waals surface area contributed by atoms with E-state index in [1.54, 1.807) is 17.0 Å². The summed E-state index contributed by atoms with van der Waals surface area (Å²) in [4.78, 5) is 27.9. The maximum Gasteiger partial charge on any atom is 0.251 e. The van der Waals surface area contributed by atoms with E-state index in [1.165, 1.54) is 5.56 Å². The standard InChI is InChI=1S/C24H22N2O2/c27-23(20-12-5-2-6-13-20)25-21(17-18-9-3-1-4-10-18)24(28)26-16-15-19-11-7-8-14-22(19)26/h1-14,21H,15-17H2,(H,25,27). The van der Waals surface area contributed by atoms with E-state index in [4.69, 9.17) is 0 Å². The lowest BCUT2D eigenvalue weighted by Crippen LogP contribution is -2.49. The third-order valence-electron chi connectivity index (χ3n) is 5.08. The average Bonchev–Trinajstić information content (AvgIpc) is 3.18. The number of carbonyl (C=O) groups is 2. The molecule has 1 aliphatic rings. The summed E-state index contributed by atoms with van der Waals surface area (Å²) in [6.45, 7) is 0.644. The Bertz CT molecular complexity index is 970. The van der Waals surface area contributed by atoms with Crippen LogP contribution in [0.15, 0.2) is 84.9 Å². The normalized spacial score (nSPS) is 13.6. The minimum Gasteiger partial charge on any atom is -0.340 e. The first-order valence-corrected chi connectivity index (χ1v) is 9.51. The van der Waals surface area contributed by atoms with E-state index >= 15 is 0 Å². The van der Waals surface area contributed by atoms with Crippen LogP contribution < -0.4 is 10.2 Å². The van der Waals surface area contributed by atoms with E-state index in [9.17, 15) is 9.59 Å². The molecule has 4 rings (SSSR count). The number of para-hydroxylation sites is 1. The van der Waals surface area contributed by atoms with Crippen molar-refractivity contribution in [3.63, 3.8) is 0 Å². The highest BCUT2D eigenvalue weighted by Crippen LogP contribution is 2.28. The molecule has 0 radical (unpaired) electrons. The summed E-state index contributed by atoms with van der Waals surface area (Å²) >= 11 is 0. The molecule has 0 spiro atoms. The van der Waals surface area contributed by atoms with Crippen molar-refractivity contribution < 1.29 is 9.59 Å². The lowest BCUT2D eigenvalue weighted by Gasteiger charge is -2.25. The molecular weight excluding hydrogens is 348 g/mol. The van der Waals surface area contributed by atoms with Gasteiger partial charge in [0.1, 0.15) is 6.04 Å². The number of hydrogen-bond donors (Lipinski definition) is 1. The molecule has 0 bridgehead atoms. The highest BCUT2D eigenvalue weighted by atomic mass is 16.2. The van der Waals surface area contributed by atoms with Crippen molar-refractivity contribution in [2.24, 2.45) is 0 Å². The van der Waals surface area contributed by atoms with Gasteiger partial charge in [-0.15, -0.1) is 0 Å². The maximum atomic E-state index is 13.4. The Morgan fingerprint density at radius 3 is 2.25 bits per heavy atom. The number of amides is 2. The molecule has 0 saturated carbocycles. The van der Waals surface area contributed by atoms with Crippen LogP contribution in [0.4, 0.5) is 5.69 Å². The SMILES string of the molecule is O=C(NC(Cc1ccccc1)C(=O)N1CCc2ccccc21)c1ccccc1. The van der Waals surface area contributed by atoms with Gasteiger partial charge in [-0.2, -0.15) is 0 Å². The van der Waals surface area contributed by atoms with Crippen LogP contribution in [0.1, 0.15) is 21.5 Å². The second kappa shape index (κ2) is 8.09. The molecule has 0 fully saturated rings. The second-order valence-corrected chi connectivity index (χ2v) is 6.95. The van der Waals surface area contributed by atoms with Gasteiger partial charge in [-0.3, -0.25) is 9.59 Å². The zero-order valence-electron chi connectivity index (χ0n) is 15.5. The van der Waals surface area contributed by atoms with E-state index in [0.717, 1.165) is 17.7 Å². The smallest absolute Gasteiger partial charge is 0.251 e. The van der Waals surface area contributed by atoms with Crippen molar-refractivity contribution in [3.05, 3.63) is 102 Å². The molecular formula is C24H22N2O2. The molecule has 1 heterocycles. The Kier molecular flexibility index (Phi) is 5.20. The van der Waals surface area contributed by atoms with Crippen molar-refractivity contribution in [3.8, 4) is 0 Å². The number of fused-ring (bicyclic) bond motifs is 1. The first-order valence-electron chi connectivity index (χ1n) is 9.51. The van der Waals surface area contributed by atoms with E-state index < -0.39 is 6.04 Å². The van der Waals surface area contributed by atoms with Gasteiger partial charge >= 0.3 is 0 Å². The fourth-order valence-corrected chi connectivity index (χ4v) is 3.64. The first-order chi connectivity index (χ1) is 13.7. The molecule has 28 heavy (non-hydrogen) atoms. The maximum absolute atomic E-state index is 13.4. The van der Waals surface area contributed by atoms with Crippen LogP contribution in [0.5, 0.6) is 0 Å². The molecule has 4 nitrogen and oxygen atoms in total. The number of anilines is 1. The summed E-state index contributed by atoms with van der Waals surface area (Å²) in [5.41, 5.74) is 3.68. The summed E-state index contributed by atoms with van der Waals surface area (Å²) < 4.78 is 0. The monoisotopic (exact) mass is 370 g/mol. The summed E-state index contributed by atoms with van der Waals surface area (Å²) in [5, 5.41) is 2.96. The zero-order chi connectivity index (χ0) is 19.3. The van der Waals surface area contributed by atoms with Crippen molar-refractivity contribution in [2.75, 3.05) is 11.4 Å². The largest absolute Gasteiger partial charge is 0.340 e. The van der Waals surface area contributed by atoms with Gasteiger partial charge in [0.15, 0.2) is 0 Å². The van der Waals surface area contributed by atoms with Gasteiger partial charge in [-0.05, 0) is 35.7 Å². The van der Waals surface area contributed by atoms with Gasteiger partial charge in [0.2, 0.25) is 5.91 Å². The van der Waals surface area contributed by atoms with Crippen molar-refractivity contribution in [2.45, 2.75) is 18.9 Å². The Morgan fingerprint density at radius 2 is 1.50 bits per heavy atom. The summed E-state index contributed by atoms with van der Waals surface area (Å²) in [7, 11) is 0. The highest BCUT2D eigenvalue weighted by molar-refractivity contribution is 6.03. The number of nitrogens with one attached hydrogen (secondary N) is 1. The fraction of sp³-hybridized carbons (Fsp3) is 0.167. The molecule has 4 heteroatoms. The molecule has 2 amide bonds. The molecule has 0 aliphatic carbocycles. The summed E-state index contributed by atoms with van der Waals surface area (Å²) in [6.07, 6.45) is 1.30. The van der Waals surface area contributed by atoms with Crippen LogP contribution in [0.2, 0.25) is 0 Å². The van der Waals surface area contributed by atoms with Crippen LogP contribution in [0, 0.1) is 0 Å². The molecule has 3 aromatic carbocycles. The summed E-state index contributed by atoms with van der Waals surface area (Å²) in [6, 6.07) is 26.1. The number of hydrogen-bond acceptors (Lipinski definition) is 2. The predicted molar refractivity (Wildman–Crippen MR) is 110 cm³/mol. The Labute approximate surface area is 164 Å². The quantitative estimate of drug-likeness (QED) is 0.746. The summed E-state index contributed by atoms with van der Waals surface area (Å²) in [5.74, 6) is -0.305. The molecule has 1 unspecified atom stereocenters. The molecule has 1 atom stereocenters. The highest BCUT2D eigenvalue weighted by Gasteiger charge is 2.31. The lowest BCUT2D eigenvalue weighted by molar-refractivity contribution is -0.120. The van der Waals surface area contributed by atoms with Gasteiger partial charge in [0.05, 0.1) is 0 Å².